The number of carbonyl (C=O) groups excluding carboxylic acids is 4. The Balaban J connectivity index is 2.21. The van der Waals surface area contributed by atoms with E-state index in [1.165, 1.54) is 13.8 Å². The van der Waals surface area contributed by atoms with Crippen LogP contribution in [0.3, 0.4) is 0 Å². The average Bonchev–Trinajstić information content (AvgIpc) is 2.76. The summed E-state index contributed by atoms with van der Waals surface area (Å²) in [5.74, 6) is -4.24. The van der Waals surface area contributed by atoms with Crippen molar-refractivity contribution >= 4 is 39.8 Å². The molecule has 0 amide bonds. The molecule has 5 atom stereocenters. The van der Waals surface area contributed by atoms with Gasteiger partial charge < -0.3 is 33.2 Å². The van der Waals surface area contributed by atoms with E-state index in [0.717, 1.165) is 19.4 Å². The number of hydrogen-bond donors (Lipinski definition) is 0. The summed E-state index contributed by atoms with van der Waals surface area (Å²) in [6.45, 7) is 4.02. The van der Waals surface area contributed by atoms with E-state index in [1.807, 2.05) is 6.07 Å². The molecule has 0 aliphatic carbocycles. The first-order chi connectivity index (χ1) is 16.1. The predicted octanol–water partition coefficient (Wildman–Crippen LogP) is 1.86. The van der Waals surface area contributed by atoms with Crippen LogP contribution in [0, 0.1) is 0 Å². The Labute approximate surface area is 204 Å². The lowest BCUT2D eigenvalue weighted by atomic mass is 9.86. The molecule has 0 radical (unpaired) electrons. The monoisotopic (exact) mass is 544 g/mol. The normalized spacial score (nSPS) is 27.7. The number of fused-ring (bicyclic) bond motifs is 2. The summed E-state index contributed by atoms with van der Waals surface area (Å²) in [6.07, 6.45) is -5.20. The van der Waals surface area contributed by atoms with Gasteiger partial charge in [0, 0.05) is 33.0 Å². The Kier molecular flexibility index (Phi) is 8.16. The molecule has 34 heavy (non-hydrogen) atoms. The van der Waals surface area contributed by atoms with Crippen LogP contribution in [0.1, 0.15) is 38.8 Å². The van der Waals surface area contributed by atoms with Crippen LogP contribution in [0.25, 0.3) is 0 Å². The van der Waals surface area contributed by atoms with Crippen LogP contribution < -0.4 is 4.74 Å². The molecule has 0 saturated carbocycles. The van der Waals surface area contributed by atoms with Crippen molar-refractivity contribution in [2.24, 2.45) is 0 Å². The zero-order valence-corrected chi connectivity index (χ0v) is 20.6. The van der Waals surface area contributed by atoms with Gasteiger partial charge in [0.15, 0.2) is 19.0 Å². The van der Waals surface area contributed by atoms with Crippen molar-refractivity contribution in [1.29, 1.82) is 0 Å². The first-order valence-corrected chi connectivity index (χ1v) is 11.5. The Morgan fingerprint density at radius 3 is 2.21 bits per heavy atom. The minimum Gasteiger partial charge on any atom is -0.467 e. The second-order valence-electron chi connectivity index (χ2n) is 7.68. The van der Waals surface area contributed by atoms with E-state index in [0.29, 0.717) is 16.6 Å². The minimum absolute atomic E-state index is 0.288. The third-order valence-corrected chi connectivity index (χ3v) is 5.75. The van der Waals surface area contributed by atoms with E-state index < -0.39 is 54.1 Å². The molecule has 3 rings (SSSR count). The fourth-order valence-corrected chi connectivity index (χ4v) is 4.26. The van der Waals surface area contributed by atoms with Crippen LogP contribution in [0.2, 0.25) is 0 Å². The highest BCUT2D eigenvalue weighted by Crippen LogP contribution is 2.48. The Hall–Kier alpha value is -2.70. The van der Waals surface area contributed by atoms with Crippen LogP contribution in [0.15, 0.2) is 18.2 Å². The van der Waals surface area contributed by atoms with E-state index in [4.69, 9.17) is 33.2 Å². The Bertz CT molecular complexity index is 964. The number of rotatable bonds is 6. The SMILES string of the molecule is CC(=O)OC[C@H]1O[C@]2(OCOc3ccc(CBr)cc32)[C@H](OC(C)=O)[C@@H](OC(C)=O)[C@@H]1OC(C)=O. The number of carbonyl (C=O) groups is 4. The zero-order valence-electron chi connectivity index (χ0n) is 19.0. The highest BCUT2D eigenvalue weighted by atomic mass is 79.9. The highest BCUT2D eigenvalue weighted by Gasteiger charge is 2.63. The maximum atomic E-state index is 12.1. The van der Waals surface area contributed by atoms with E-state index >= 15 is 0 Å². The second kappa shape index (κ2) is 10.7. The van der Waals surface area contributed by atoms with Crippen molar-refractivity contribution < 1.29 is 52.3 Å². The van der Waals surface area contributed by atoms with E-state index in [-0.39, 0.29) is 13.4 Å². The summed E-state index contributed by atoms with van der Waals surface area (Å²) >= 11 is 3.40. The summed E-state index contributed by atoms with van der Waals surface area (Å²) in [5, 5.41) is 0.481. The van der Waals surface area contributed by atoms with E-state index in [1.54, 1.807) is 12.1 Å². The number of hydrogen-bond acceptors (Lipinski definition) is 11. The lowest BCUT2D eigenvalue weighted by molar-refractivity contribution is -0.390. The molecule has 0 unspecified atom stereocenters. The van der Waals surface area contributed by atoms with Gasteiger partial charge in [-0.15, -0.1) is 0 Å². The zero-order chi connectivity index (χ0) is 25.0. The number of ether oxygens (including phenoxy) is 7. The molecule has 0 bridgehead atoms. The van der Waals surface area contributed by atoms with E-state index in [2.05, 4.69) is 15.9 Å². The molecule has 0 aromatic heterocycles. The van der Waals surface area contributed by atoms with E-state index in [9.17, 15) is 19.2 Å². The fraction of sp³-hybridized carbons (Fsp3) is 0.545. The average molecular weight is 545 g/mol. The number of alkyl halides is 1. The van der Waals surface area contributed by atoms with Gasteiger partial charge in [-0.2, -0.15) is 0 Å². The molecule has 1 aromatic carbocycles. The van der Waals surface area contributed by atoms with Gasteiger partial charge in [0.1, 0.15) is 18.5 Å². The molecule has 2 aliphatic rings. The lowest BCUT2D eigenvalue weighted by Gasteiger charge is -2.52. The summed E-state index contributed by atoms with van der Waals surface area (Å²) in [6, 6.07) is 5.24. The largest absolute Gasteiger partial charge is 0.467 e. The van der Waals surface area contributed by atoms with Crippen molar-refractivity contribution in [3.63, 3.8) is 0 Å². The van der Waals surface area contributed by atoms with Gasteiger partial charge >= 0.3 is 23.9 Å². The molecule has 2 heterocycles. The van der Waals surface area contributed by atoms with Crippen LogP contribution in [-0.2, 0) is 58.7 Å². The van der Waals surface area contributed by atoms with Gasteiger partial charge in [0.25, 0.3) is 0 Å². The molecule has 0 N–H and O–H groups in total. The Morgan fingerprint density at radius 2 is 1.62 bits per heavy atom. The molecular formula is C22H25BrO11. The van der Waals surface area contributed by atoms with Gasteiger partial charge in [0.2, 0.25) is 11.9 Å². The van der Waals surface area contributed by atoms with Gasteiger partial charge in [-0.05, 0) is 17.7 Å². The second-order valence-corrected chi connectivity index (χ2v) is 8.24. The number of benzene rings is 1. The molecular weight excluding hydrogens is 520 g/mol. The van der Waals surface area contributed by atoms with Gasteiger partial charge in [-0.25, -0.2) is 0 Å². The van der Waals surface area contributed by atoms with Gasteiger partial charge in [-0.1, -0.05) is 22.0 Å². The summed E-state index contributed by atoms with van der Waals surface area (Å²) < 4.78 is 39.5. The fourth-order valence-electron chi connectivity index (χ4n) is 3.92. The molecule has 186 valence electrons. The molecule has 11 nitrogen and oxygen atoms in total. The topological polar surface area (TPSA) is 133 Å². The maximum absolute atomic E-state index is 12.1. The molecule has 2 aliphatic heterocycles. The van der Waals surface area contributed by atoms with Crippen LogP contribution in [0.5, 0.6) is 5.75 Å². The molecule has 1 saturated heterocycles. The van der Waals surface area contributed by atoms with Gasteiger partial charge in [-0.3, -0.25) is 19.2 Å². The first-order valence-electron chi connectivity index (χ1n) is 10.4. The van der Waals surface area contributed by atoms with Crippen molar-refractivity contribution in [2.45, 2.75) is 63.2 Å². The quantitative estimate of drug-likeness (QED) is 0.295. The lowest BCUT2D eigenvalue weighted by Crippen LogP contribution is -2.68. The molecule has 1 fully saturated rings. The first kappa shape index (κ1) is 25.9. The predicted molar refractivity (Wildman–Crippen MR) is 115 cm³/mol. The third kappa shape index (κ3) is 5.50. The van der Waals surface area contributed by atoms with Crippen molar-refractivity contribution in [3.8, 4) is 5.75 Å². The van der Waals surface area contributed by atoms with Crippen molar-refractivity contribution in [1.82, 2.24) is 0 Å². The van der Waals surface area contributed by atoms with Crippen LogP contribution >= 0.6 is 15.9 Å². The summed E-state index contributed by atoms with van der Waals surface area (Å²) in [7, 11) is 0. The van der Waals surface area contributed by atoms with Crippen molar-refractivity contribution in [3.05, 3.63) is 29.3 Å². The summed E-state index contributed by atoms with van der Waals surface area (Å²) in [4.78, 5) is 47.7. The van der Waals surface area contributed by atoms with Crippen molar-refractivity contribution in [2.75, 3.05) is 13.4 Å². The highest BCUT2D eigenvalue weighted by molar-refractivity contribution is 9.08. The van der Waals surface area contributed by atoms with Crippen LogP contribution in [-0.4, -0.2) is 61.7 Å². The minimum atomic E-state index is -1.83. The summed E-state index contributed by atoms with van der Waals surface area (Å²) in [5.41, 5.74) is 1.17. The standard InChI is InChI=1S/C22H25BrO11/c1-11(24)28-9-18-19(31-12(2)25)20(32-13(3)26)21(33-14(4)27)22(34-18)16-7-15(8-23)5-6-17(16)29-10-30-22/h5-7,18-21H,8-10H2,1-4H3/t18-,19-,20+,21-,22+/m1/s1. The van der Waals surface area contributed by atoms with Crippen LogP contribution in [0.4, 0.5) is 0 Å². The number of esters is 4. The molecule has 12 heteroatoms. The molecule has 1 aromatic rings. The third-order valence-electron chi connectivity index (χ3n) is 5.10. The maximum Gasteiger partial charge on any atom is 0.303 e. The Morgan fingerprint density at radius 1 is 0.971 bits per heavy atom. The smallest absolute Gasteiger partial charge is 0.303 e. The number of halogens is 1. The molecule has 1 spiro atoms. The van der Waals surface area contributed by atoms with Gasteiger partial charge in [0.05, 0.1) is 5.56 Å².